The SMILES string of the molecule is CC1CC(CC(C#N)NC(=O)[C@]2(N)CCc3cc(F)sc3C2)=CC=C1c1ccc(CN2CCN(C)CC2)cc1. The predicted octanol–water partition coefficient (Wildman–Crippen LogP) is 4.27. The Labute approximate surface area is 235 Å². The van der Waals surface area contributed by atoms with E-state index in [4.69, 9.17) is 5.73 Å². The number of fused-ring (bicyclic) bond motifs is 1. The number of likely N-dealkylation sites (N-methyl/N-ethyl adjacent to an activating group) is 1. The van der Waals surface area contributed by atoms with E-state index in [1.807, 2.05) is 0 Å². The lowest BCUT2D eigenvalue weighted by atomic mass is 9.81. The van der Waals surface area contributed by atoms with E-state index in [-0.39, 0.29) is 11.0 Å². The Balaban J connectivity index is 1.18. The molecule has 3 atom stereocenters. The van der Waals surface area contributed by atoms with Crippen LogP contribution in [0.2, 0.25) is 0 Å². The molecule has 2 aromatic rings. The van der Waals surface area contributed by atoms with Gasteiger partial charge in [-0.3, -0.25) is 9.69 Å². The maximum atomic E-state index is 13.7. The number of piperazine rings is 1. The number of allylic oxidation sites excluding steroid dienone is 3. The zero-order valence-electron chi connectivity index (χ0n) is 22.9. The van der Waals surface area contributed by atoms with Gasteiger partial charge >= 0.3 is 0 Å². The quantitative estimate of drug-likeness (QED) is 0.541. The number of hydrogen-bond acceptors (Lipinski definition) is 6. The van der Waals surface area contributed by atoms with Crippen LogP contribution in [0.3, 0.4) is 0 Å². The molecule has 0 bridgehead atoms. The lowest BCUT2D eigenvalue weighted by molar-refractivity contribution is -0.127. The number of amides is 1. The molecule has 0 saturated carbocycles. The van der Waals surface area contributed by atoms with Crippen LogP contribution in [0, 0.1) is 22.4 Å². The number of nitrogens with two attached hydrogens (primary N) is 1. The molecule has 2 aliphatic carbocycles. The number of nitrogens with one attached hydrogen (secondary N) is 1. The number of thiophene rings is 1. The van der Waals surface area contributed by atoms with Crippen LogP contribution < -0.4 is 11.1 Å². The molecule has 2 heterocycles. The summed E-state index contributed by atoms with van der Waals surface area (Å²) in [6, 6.07) is 12.1. The minimum absolute atomic E-state index is 0.244. The number of rotatable bonds is 7. The van der Waals surface area contributed by atoms with Gasteiger partial charge in [0.25, 0.3) is 0 Å². The number of nitriles is 1. The highest BCUT2D eigenvalue weighted by Gasteiger charge is 2.39. The first-order valence-corrected chi connectivity index (χ1v) is 14.7. The van der Waals surface area contributed by atoms with Gasteiger partial charge in [0.15, 0.2) is 5.13 Å². The van der Waals surface area contributed by atoms with Crippen LogP contribution in [0.25, 0.3) is 5.57 Å². The Kier molecular flexibility index (Phi) is 8.34. The first-order chi connectivity index (χ1) is 18.7. The van der Waals surface area contributed by atoms with Gasteiger partial charge in [-0.15, -0.1) is 11.3 Å². The van der Waals surface area contributed by atoms with Crippen molar-refractivity contribution in [1.29, 1.82) is 5.26 Å². The highest BCUT2D eigenvalue weighted by Crippen LogP contribution is 2.35. The number of benzene rings is 1. The van der Waals surface area contributed by atoms with E-state index in [1.54, 1.807) is 0 Å². The fourth-order valence-electron chi connectivity index (χ4n) is 5.95. The van der Waals surface area contributed by atoms with E-state index in [9.17, 15) is 14.4 Å². The van der Waals surface area contributed by atoms with Gasteiger partial charge in [-0.25, -0.2) is 0 Å². The summed E-state index contributed by atoms with van der Waals surface area (Å²) in [5, 5.41) is 12.4. The lowest BCUT2D eigenvalue weighted by Gasteiger charge is -2.33. The molecule has 1 fully saturated rings. The molecule has 39 heavy (non-hydrogen) atoms. The average molecular weight is 548 g/mol. The molecule has 1 amide bonds. The van der Waals surface area contributed by atoms with Gasteiger partial charge in [-0.1, -0.05) is 48.9 Å². The van der Waals surface area contributed by atoms with Crippen LogP contribution in [0.15, 0.2) is 48.1 Å². The maximum Gasteiger partial charge on any atom is 0.241 e. The molecule has 1 aromatic heterocycles. The number of hydrogen-bond donors (Lipinski definition) is 2. The van der Waals surface area contributed by atoms with Crippen molar-refractivity contribution in [2.75, 3.05) is 33.2 Å². The molecule has 0 radical (unpaired) electrons. The summed E-state index contributed by atoms with van der Waals surface area (Å²) >= 11 is 1.06. The van der Waals surface area contributed by atoms with Gasteiger partial charge in [0, 0.05) is 50.4 Å². The largest absolute Gasteiger partial charge is 0.338 e. The van der Waals surface area contributed by atoms with E-state index in [2.05, 4.69) is 71.6 Å². The summed E-state index contributed by atoms with van der Waals surface area (Å²) in [4.78, 5) is 18.8. The average Bonchev–Trinajstić information content (AvgIpc) is 3.29. The number of nitrogens with zero attached hydrogens (tertiary/aromatic N) is 3. The number of aryl methyl sites for hydroxylation is 1. The number of carbonyl (C=O) groups excluding carboxylic acids is 1. The van der Waals surface area contributed by atoms with Crippen molar-refractivity contribution in [3.05, 3.63) is 74.8 Å². The molecule has 1 aliphatic heterocycles. The zero-order chi connectivity index (χ0) is 27.6. The van der Waals surface area contributed by atoms with Crippen LogP contribution in [-0.2, 0) is 24.2 Å². The van der Waals surface area contributed by atoms with Gasteiger partial charge in [0.1, 0.15) is 11.6 Å². The molecule has 8 heteroatoms. The van der Waals surface area contributed by atoms with Gasteiger partial charge in [-0.2, -0.15) is 9.65 Å². The molecular formula is C31H38FN5OS. The number of halogens is 1. The Morgan fingerprint density at radius 2 is 2.00 bits per heavy atom. The minimum atomic E-state index is -1.11. The second-order valence-corrected chi connectivity index (χ2v) is 12.6. The third-order valence-corrected chi connectivity index (χ3v) is 9.42. The molecule has 1 saturated heterocycles. The molecule has 3 N–H and O–H groups in total. The number of carbonyl (C=O) groups is 1. The van der Waals surface area contributed by atoms with Crippen molar-refractivity contribution >= 4 is 22.8 Å². The van der Waals surface area contributed by atoms with E-state index in [0.29, 0.717) is 31.6 Å². The van der Waals surface area contributed by atoms with Crippen LogP contribution in [-0.4, -0.2) is 60.5 Å². The molecule has 206 valence electrons. The maximum absolute atomic E-state index is 13.7. The molecule has 1 aromatic carbocycles. The predicted molar refractivity (Wildman–Crippen MR) is 154 cm³/mol. The van der Waals surface area contributed by atoms with Crippen LogP contribution in [0.5, 0.6) is 0 Å². The Morgan fingerprint density at radius 1 is 1.26 bits per heavy atom. The van der Waals surface area contributed by atoms with Crippen LogP contribution >= 0.6 is 11.3 Å². The summed E-state index contributed by atoms with van der Waals surface area (Å²) in [5.41, 5.74) is 11.3. The third kappa shape index (κ3) is 6.50. The van der Waals surface area contributed by atoms with Gasteiger partial charge in [0.05, 0.1) is 6.07 Å². The van der Waals surface area contributed by atoms with Crippen molar-refractivity contribution in [1.82, 2.24) is 15.1 Å². The second-order valence-electron chi connectivity index (χ2n) is 11.5. The first-order valence-electron chi connectivity index (χ1n) is 13.9. The Hall–Kier alpha value is -2.83. The lowest BCUT2D eigenvalue weighted by Crippen LogP contribution is -2.58. The smallest absolute Gasteiger partial charge is 0.241 e. The van der Waals surface area contributed by atoms with E-state index in [1.165, 1.54) is 22.8 Å². The van der Waals surface area contributed by atoms with E-state index >= 15 is 0 Å². The highest BCUT2D eigenvalue weighted by molar-refractivity contribution is 7.10. The van der Waals surface area contributed by atoms with E-state index in [0.717, 1.165) is 66.5 Å². The fraction of sp³-hybridized carbons (Fsp3) is 0.484. The standard InChI is InChI=1S/C31H38FN5OS/c1-21-15-23(5-8-27(21)24-6-3-22(4-7-24)20-37-13-11-36(2)12-14-37)16-26(19-33)35-30(38)31(34)10-9-25-17-29(32)39-28(25)18-31/h3-8,17,21,26H,9-16,18,20,34H2,1-2H3,(H,35,38)/t21?,26?,31-/m0/s1. The second kappa shape index (κ2) is 11.7. The summed E-state index contributed by atoms with van der Waals surface area (Å²) in [5.74, 6) is -0.0132. The van der Waals surface area contributed by atoms with Crippen molar-refractivity contribution < 1.29 is 9.18 Å². The van der Waals surface area contributed by atoms with Gasteiger partial charge < -0.3 is 16.0 Å². The minimum Gasteiger partial charge on any atom is -0.338 e. The van der Waals surface area contributed by atoms with Crippen molar-refractivity contribution in [2.24, 2.45) is 11.7 Å². The Bertz CT molecular complexity index is 1300. The van der Waals surface area contributed by atoms with Crippen molar-refractivity contribution in [2.45, 2.75) is 57.2 Å². The molecule has 0 spiro atoms. The highest BCUT2D eigenvalue weighted by atomic mass is 32.1. The summed E-state index contributed by atoms with van der Waals surface area (Å²) in [7, 11) is 2.18. The summed E-state index contributed by atoms with van der Waals surface area (Å²) in [6.07, 6.45) is 6.89. The fourth-order valence-corrected chi connectivity index (χ4v) is 7.01. The summed E-state index contributed by atoms with van der Waals surface area (Å²) in [6.45, 7) is 7.67. The van der Waals surface area contributed by atoms with Crippen molar-refractivity contribution in [3.8, 4) is 6.07 Å². The van der Waals surface area contributed by atoms with Crippen LogP contribution in [0.1, 0.15) is 47.8 Å². The zero-order valence-corrected chi connectivity index (χ0v) is 23.7. The molecule has 6 nitrogen and oxygen atoms in total. The van der Waals surface area contributed by atoms with Gasteiger partial charge in [-0.05, 0) is 60.6 Å². The van der Waals surface area contributed by atoms with E-state index < -0.39 is 11.6 Å². The molecular weight excluding hydrogens is 509 g/mol. The molecule has 3 aliphatic rings. The van der Waals surface area contributed by atoms with Gasteiger partial charge in [0.2, 0.25) is 5.91 Å². The van der Waals surface area contributed by atoms with Crippen molar-refractivity contribution in [3.63, 3.8) is 0 Å². The Morgan fingerprint density at radius 3 is 2.69 bits per heavy atom. The molecule has 5 rings (SSSR count). The third-order valence-electron chi connectivity index (χ3n) is 8.45. The molecule has 2 unspecified atom stereocenters. The normalized spacial score (nSPS) is 24.7. The topological polar surface area (TPSA) is 85.4 Å². The monoisotopic (exact) mass is 547 g/mol. The first kappa shape index (κ1) is 27.7. The van der Waals surface area contributed by atoms with Crippen LogP contribution in [0.4, 0.5) is 4.39 Å². The summed E-state index contributed by atoms with van der Waals surface area (Å²) < 4.78 is 13.7.